The molecule has 1 amide bonds. The lowest BCUT2D eigenvalue weighted by Crippen LogP contribution is -2.34. The first kappa shape index (κ1) is 8.27. The molecule has 0 heterocycles. The molecule has 0 fully saturated rings. The van der Waals surface area contributed by atoms with Crippen LogP contribution in [0.1, 0.15) is 20.8 Å². The van der Waals surface area contributed by atoms with Gasteiger partial charge in [0.2, 0.25) is 0 Å². The fraction of sp³-hybridized carbons (Fsp3) is 0.833. The molecule has 0 radical (unpaired) electrons. The first-order valence-corrected chi connectivity index (χ1v) is 3.03. The number of amides is 1. The van der Waals surface area contributed by atoms with E-state index < -0.39 is 6.09 Å². The topological polar surface area (TPSA) is 49.3 Å². The third kappa shape index (κ3) is 3.82. The third-order valence-corrected chi connectivity index (χ3v) is 1.35. The van der Waals surface area contributed by atoms with Gasteiger partial charge < -0.3 is 10.4 Å². The Kier molecular flexibility index (Phi) is 3.06. The molecule has 0 spiro atoms. The second-order valence-electron chi connectivity index (χ2n) is 2.48. The quantitative estimate of drug-likeness (QED) is 0.593. The van der Waals surface area contributed by atoms with Crippen molar-refractivity contribution in [2.75, 3.05) is 0 Å². The summed E-state index contributed by atoms with van der Waals surface area (Å²) in [5, 5.41) is 10.6. The number of carboxylic acid groups (broad SMARTS) is 1. The first-order valence-electron chi connectivity index (χ1n) is 3.03. The summed E-state index contributed by atoms with van der Waals surface area (Å²) >= 11 is 0. The van der Waals surface area contributed by atoms with Crippen LogP contribution < -0.4 is 5.32 Å². The summed E-state index contributed by atoms with van der Waals surface area (Å²) < 4.78 is 0. The lowest BCUT2D eigenvalue weighted by Gasteiger charge is -2.14. The zero-order valence-corrected chi connectivity index (χ0v) is 6.01. The molecule has 3 heteroatoms. The lowest BCUT2D eigenvalue weighted by atomic mass is 10.1. The van der Waals surface area contributed by atoms with Crippen molar-refractivity contribution < 1.29 is 9.90 Å². The maximum absolute atomic E-state index is 10.0. The minimum atomic E-state index is -0.948. The van der Waals surface area contributed by atoms with Crippen LogP contribution in [0.15, 0.2) is 0 Å². The van der Waals surface area contributed by atoms with Crippen LogP contribution in [0, 0.1) is 5.92 Å². The van der Waals surface area contributed by atoms with Gasteiger partial charge >= 0.3 is 6.09 Å². The molecule has 0 aromatic rings. The molecule has 0 unspecified atom stereocenters. The Morgan fingerprint density at radius 3 is 2.00 bits per heavy atom. The van der Waals surface area contributed by atoms with E-state index in [0.717, 1.165) is 0 Å². The zero-order valence-electron chi connectivity index (χ0n) is 6.01. The monoisotopic (exact) mass is 131 g/mol. The van der Waals surface area contributed by atoms with Crippen LogP contribution >= 0.6 is 0 Å². The van der Waals surface area contributed by atoms with Crippen LogP contribution in [-0.2, 0) is 0 Å². The third-order valence-electron chi connectivity index (χ3n) is 1.35. The van der Waals surface area contributed by atoms with Crippen LogP contribution in [0.4, 0.5) is 4.79 Å². The highest BCUT2D eigenvalue weighted by atomic mass is 16.4. The van der Waals surface area contributed by atoms with E-state index in [9.17, 15) is 4.79 Å². The van der Waals surface area contributed by atoms with E-state index in [4.69, 9.17) is 5.11 Å². The molecule has 0 rings (SSSR count). The average molecular weight is 131 g/mol. The maximum atomic E-state index is 10.0. The fourth-order valence-electron chi connectivity index (χ4n) is 0.361. The highest BCUT2D eigenvalue weighted by Gasteiger charge is 2.07. The molecule has 0 saturated carbocycles. The number of hydrogen-bond donors (Lipinski definition) is 2. The smallest absolute Gasteiger partial charge is 0.404 e. The van der Waals surface area contributed by atoms with E-state index in [0.29, 0.717) is 5.92 Å². The highest BCUT2D eigenvalue weighted by Crippen LogP contribution is 1.98. The van der Waals surface area contributed by atoms with Crippen molar-refractivity contribution in [1.29, 1.82) is 0 Å². The summed E-state index contributed by atoms with van der Waals surface area (Å²) in [5.74, 6) is 0.362. The Morgan fingerprint density at radius 1 is 1.44 bits per heavy atom. The zero-order chi connectivity index (χ0) is 7.44. The highest BCUT2D eigenvalue weighted by molar-refractivity contribution is 5.64. The molecule has 0 aromatic heterocycles. The van der Waals surface area contributed by atoms with Crippen molar-refractivity contribution in [2.24, 2.45) is 5.92 Å². The SMILES string of the molecule is CC(C)[C@@H](C)NC(=O)O. The van der Waals surface area contributed by atoms with Gasteiger partial charge in [0.25, 0.3) is 0 Å². The summed E-state index contributed by atoms with van der Waals surface area (Å²) in [6, 6.07) is 0.0440. The van der Waals surface area contributed by atoms with Gasteiger partial charge in [0.1, 0.15) is 0 Å². The van der Waals surface area contributed by atoms with Crippen LogP contribution in [0.2, 0.25) is 0 Å². The Hall–Kier alpha value is -0.730. The van der Waals surface area contributed by atoms with Gasteiger partial charge in [-0.1, -0.05) is 13.8 Å². The molecule has 0 aliphatic rings. The van der Waals surface area contributed by atoms with Gasteiger partial charge in [0.15, 0.2) is 0 Å². The second kappa shape index (κ2) is 3.33. The average Bonchev–Trinajstić information content (AvgIpc) is 1.63. The van der Waals surface area contributed by atoms with E-state index >= 15 is 0 Å². The van der Waals surface area contributed by atoms with Crippen LogP contribution in [0.25, 0.3) is 0 Å². The summed E-state index contributed by atoms with van der Waals surface area (Å²) in [7, 11) is 0. The molecule has 9 heavy (non-hydrogen) atoms. The maximum Gasteiger partial charge on any atom is 0.404 e. The molecule has 0 saturated heterocycles. The standard InChI is InChI=1S/C6H13NO2/c1-4(2)5(3)7-6(8)9/h4-5,7H,1-3H3,(H,8,9)/t5-/m1/s1. The van der Waals surface area contributed by atoms with E-state index in [1.165, 1.54) is 0 Å². The minimum Gasteiger partial charge on any atom is -0.465 e. The molecule has 0 aliphatic heterocycles. The lowest BCUT2D eigenvalue weighted by molar-refractivity contribution is 0.187. The van der Waals surface area contributed by atoms with Gasteiger partial charge in [-0.15, -0.1) is 0 Å². The molecular formula is C6H13NO2. The Balaban J connectivity index is 3.50. The Labute approximate surface area is 55.1 Å². The summed E-state index contributed by atoms with van der Waals surface area (Å²) in [6.45, 7) is 5.79. The summed E-state index contributed by atoms with van der Waals surface area (Å²) in [6.07, 6.45) is -0.948. The molecule has 3 nitrogen and oxygen atoms in total. The first-order chi connectivity index (χ1) is 4.04. The van der Waals surface area contributed by atoms with Crippen LogP contribution in [0.5, 0.6) is 0 Å². The summed E-state index contributed by atoms with van der Waals surface area (Å²) in [4.78, 5) is 10.0. The largest absolute Gasteiger partial charge is 0.465 e. The van der Waals surface area contributed by atoms with Gasteiger partial charge in [-0.05, 0) is 12.8 Å². The van der Waals surface area contributed by atoms with Crippen molar-refractivity contribution in [3.05, 3.63) is 0 Å². The van der Waals surface area contributed by atoms with Crippen LogP contribution in [-0.4, -0.2) is 17.2 Å². The Morgan fingerprint density at radius 2 is 1.89 bits per heavy atom. The van der Waals surface area contributed by atoms with Gasteiger partial charge in [0, 0.05) is 6.04 Å². The van der Waals surface area contributed by atoms with Gasteiger partial charge in [-0.2, -0.15) is 0 Å². The van der Waals surface area contributed by atoms with Gasteiger partial charge in [-0.3, -0.25) is 0 Å². The molecule has 0 bridgehead atoms. The summed E-state index contributed by atoms with van der Waals surface area (Å²) in [5.41, 5.74) is 0. The number of hydrogen-bond acceptors (Lipinski definition) is 1. The number of nitrogens with one attached hydrogen (secondary N) is 1. The molecule has 1 atom stereocenters. The van der Waals surface area contributed by atoms with E-state index in [2.05, 4.69) is 5.32 Å². The van der Waals surface area contributed by atoms with Crippen molar-refractivity contribution >= 4 is 6.09 Å². The Bertz CT molecular complexity index is 101. The molecule has 0 aromatic carbocycles. The van der Waals surface area contributed by atoms with Crippen LogP contribution in [0.3, 0.4) is 0 Å². The molecule has 0 aliphatic carbocycles. The van der Waals surface area contributed by atoms with Crippen molar-refractivity contribution in [1.82, 2.24) is 5.32 Å². The predicted molar refractivity (Wildman–Crippen MR) is 35.5 cm³/mol. The minimum absolute atomic E-state index is 0.0440. The second-order valence-corrected chi connectivity index (χ2v) is 2.48. The van der Waals surface area contributed by atoms with E-state index in [-0.39, 0.29) is 6.04 Å². The van der Waals surface area contributed by atoms with Crippen molar-refractivity contribution in [3.8, 4) is 0 Å². The number of rotatable bonds is 2. The van der Waals surface area contributed by atoms with Crippen molar-refractivity contribution in [2.45, 2.75) is 26.8 Å². The molecular weight excluding hydrogens is 118 g/mol. The number of carbonyl (C=O) groups is 1. The predicted octanol–water partition coefficient (Wildman–Crippen LogP) is 1.30. The van der Waals surface area contributed by atoms with Gasteiger partial charge in [-0.25, -0.2) is 4.79 Å². The van der Waals surface area contributed by atoms with E-state index in [1.807, 2.05) is 20.8 Å². The van der Waals surface area contributed by atoms with Crippen molar-refractivity contribution in [3.63, 3.8) is 0 Å². The fourth-order valence-corrected chi connectivity index (χ4v) is 0.361. The van der Waals surface area contributed by atoms with Gasteiger partial charge in [0.05, 0.1) is 0 Å². The van der Waals surface area contributed by atoms with E-state index in [1.54, 1.807) is 0 Å². The molecule has 2 N–H and O–H groups in total. The normalized spacial score (nSPS) is 13.3. The molecule has 54 valence electrons.